The second kappa shape index (κ2) is 24.1. The maximum atomic E-state index is 12.6. The molecule has 1 saturated heterocycles. The zero-order valence-electron chi connectivity index (χ0n) is 37.2. The van der Waals surface area contributed by atoms with E-state index in [0.717, 1.165) is 68.1 Å². The molecule has 0 bridgehead atoms. The second-order valence-corrected chi connectivity index (χ2v) is 17.0. The number of carbonyl (C=O) groups is 4. The number of benzene rings is 2. The molecule has 4 atom stereocenters. The topological polar surface area (TPSA) is 167 Å². The summed E-state index contributed by atoms with van der Waals surface area (Å²) in [5.74, 6) is 0.0518. The van der Waals surface area contributed by atoms with Crippen LogP contribution < -0.4 is 9.47 Å². The van der Waals surface area contributed by atoms with Gasteiger partial charge in [-0.15, -0.1) is 0 Å². The summed E-state index contributed by atoms with van der Waals surface area (Å²) in [5, 5.41) is 1.91. The van der Waals surface area contributed by atoms with Crippen LogP contribution in [0, 0.1) is 16.7 Å². The van der Waals surface area contributed by atoms with E-state index in [2.05, 4.69) is 6.92 Å². The Labute approximate surface area is 350 Å². The van der Waals surface area contributed by atoms with E-state index < -0.39 is 35.5 Å². The van der Waals surface area contributed by atoms with Gasteiger partial charge in [-0.05, 0) is 123 Å². The lowest BCUT2D eigenvalue weighted by Crippen LogP contribution is -2.44. The minimum atomic E-state index is -0.636. The summed E-state index contributed by atoms with van der Waals surface area (Å²) < 4.78 is 39.5. The van der Waals surface area contributed by atoms with Crippen molar-refractivity contribution in [1.82, 2.24) is 0 Å². The first-order chi connectivity index (χ1) is 27.8. The molecule has 330 valence electrons. The van der Waals surface area contributed by atoms with Crippen LogP contribution in [0.3, 0.4) is 0 Å². The standard InChI is InChI=1S/C23H30O4.C22H38O7.CO2/c1-5-16-13-14-18(27-22(24)23(3,4)6-2)17-10-9-11-19(21(16)17)26-20-12-7-8-15-25-20;1-8-21(3,4)20(25)27-14-19(24)28-16-11-10-15(13-18(23)26-7)12-17(16)29-22(5,6)9-2;2-1-3/h9-11,13-14,20H,5-8,12,15H2,1-4H3;15-17H,8-14H2,1-7H3;. The lowest BCUT2D eigenvalue weighted by atomic mass is 9.83. The largest absolute Gasteiger partial charge is 0.469 e. The summed E-state index contributed by atoms with van der Waals surface area (Å²) in [5.41, 5.74) is -0.353. The first-order valence-corrected chi connectivity index (χ1v) is 21.0. The number of aryl methyl sites for hydroxylation is 1. The molecule has 0 aromatic heterocycles. The fourth-order valence-electron chi connectivity index (χ4n) is 6.33. The van der Waals surface area contributed by atoms with E-state index in [1.54, 1.807) is 13.8 Å². The molecule has 0 N–H and O–H groups in total. The molecule has 0 amide bonds. The lowest BCUT2D eigenvalue weighted by molar-refractivity contribution is -0.191. The third-order valence-electron chi connectivity index (χ3n) is 11.4. The van der Waals surface area contributed by atoms with Gasteiger partial charge in [-0.2, -0.15) is 9.59 Å². The predicted molar refractivity (Wildman–Crippen MR) is 220 cm³/mol. The van der Waals surface area contributed by atoms with Gasteiger partial charge >= 0.3 is 30.0 Å². The predicted octanol–water partition coefficient (Wildman–Crippen LogP) is 8.88. The second-order valence-electron chi connectivity index (χ2n) is 17.0. The van der Waals surface area contributed by atoms with Crippen LogP contribution in [0.1, 0.15) is 139 Å². The van der Waals surface area contributed by atoms with Crippen molar-refractivity contribution in [3.8, 4) is 11.5 Å². The number of esters is 4. The molecule has 59 heavy (non-hydrogen) atoms. The number of rotatable bonds is 16. The lowest BCUT2D eigenvalue weighted by Gasteiger charge is -2.39. The molecule has 13 heteroatoms. The van der Waals surface area contributed by atoms with Crippen LogP contribution in [0.15, 0.2) is 30.3 Å². The molecule has 2 aromatic rings. The average Bonchev–Trinajstić information content (AvgIpc) is 3.21. The highest BCUT2D eigenvalue weighted by atomic mass is 16.7. The van der Waals surface area contributed by atoms with Crippen LogP contribution in [0.2, 0.25) is 0 Å². The van der Waals surface area contributed by atoms with E-state index in [1.807, 2.05) is 78.8 Å². The number of ether oxygens (including phenoxy) is 7. The SMILES string of the molecule is CCC(C)(C)OC1CC(CC(=O)OC)CCC1OC(=O)COC(=O)C(C)(C)CC.CCc1ccc(OC(=O)C(C)(C)CC)c2cccc(OC3CCCCO3)c12.O=C=O. The summed E-state index contributed by atoms with van der Waals surface area (Å²) >= 11 is 0. The number of hydrogen-bond acceptors (Lipinski definition) is 13. The molecular weight excluding hydrogens is 760 g/mol. The molecule has 4 unspecified atom stereocenters. The van der Waals surface area contributed by atoms with Crippen molar-refractivity contribution in [3.05, 3.63) is 35.9 Å². The van der Waals surface area contributed by atoms with E-state index in [4.69, 9.17) is 42.7 Å². The quantitative estimate of drug-likeness (QED) is 0.0895. The number of carbonyl (C=O) groups excluding carboxylic acids is 6. The Kier molecular flexibility index (Phi) is 20.7. The van der Waals surface area contributed by atoms with Crippen LogP contribution in [0.4, 0.5) is 0 Å². The van der Waals surface area contributed by atoms with Gasteiger partial charge < -0.3 is 33.2 Å². The Hall–Kier alpha value is -4.32. The Balaban J connectivity index is 0.000000382. The maximum absolute atomic E-state index is 12.6. The highest BCUT2D eigenvalue weighted by Crippen LogP contribution is 2.38. The smallest absolute Gasteiger partial charge is 0.373 e. The average molecular weight is 829 g/mol. The molecule has 1 aliphatic heterocycles. The summed E-state index contributed by atoms with van der Waals surface area (Å²) in [6.45, 7) is 19.7. The van der Waals surface area contributed by atoms with Crippen LogP contribution in [0.25, 0.3) is 10.8 Å². The van der Waals surface area contributed by atoms with Gasteiger partial charge in [0.05, 0.1) is 36.3 Å². The van der Waals surface area contributed by atoms with Crippen molar-refractivity contribution in [2.75, 3.05) is 20.3 Å². The summed E-state index contributed by atoms with van der Waals surface area (Å²) in [6, 6.07) is 9.83. The molecule has 0 spiro atoms. The van der Waals surface area contributed by atoms with E-state index in [0.29, 0.717) is 31.4 Å². The van der Waals surface area contributed by atoms with Gasteiger partial charge in [0, 0.05) is 23.6 Å². The van der Waals surface area contributed by atoms with Crippen molar-refractivity contribution in [2.24, 2.45) is 16.7 Å². The summed E-state index contributed by atoms with van der Waals surface area (Å²) in [6.07, 6.45) is 7.68. The number of hydrogen-bond donors (Lipinski definition) is 0. The van der Waals surface area contributed by atoms with Crippen LogP contribution in [-0.2, 0) is 58.9 Å². The van der Waals surface area contributed by atoms with E-state index in [-0.39, 0.29) is 42.0 Å². The van der Waals surface area contributed by atoms with Gasteiger partial charge in [-0.1, -0.05) is 45.9 Å². The summed E-state index contributed by atoms with van der Waals surface area (Å²) in [4.78, 5) is 64.8. The molecule has 1 saturated carbocycles. The van der Waals surface area contributed by atoms with Crippen molar-refractivity contribution < 1.29 is 61.9 Å². The fourth-order valence-corrected chi connectivity index (χ4v) is 6.33. The molecule has 2 aliphatic rings. The van der Waals surface area contributed by atoms with Crippen molar-refractivity contribution in [1.29, 1.82) is 0 Å². The van der Waals surface area contributed by atoms with Gasteiger partial charge in [0.1, 0.15) is 17.6 Å². The molecule has 1 aliphatic carbocycles. The molecular formula is C46H68O13. The monoisotopic (exact) mass is 828 g/mol. The van der Waals surface area contributed by atoms with Crippen LogP contribution >= 0.6 is 0 Å². The fraction of sp³-hybridized carbons (Fsp3) is 0.674. The minimum absolute atomic E-state index is 0.123. The Morgan fingerprint density at radius 3 is 2.02 bits per heavy atom. The number of methoxy groups -OCH3 is 1. The first-order valence-electron chi connectivity index (χ1n) is 21.0. The van der Waals surface area contributed by atoms with Crippen LogP contribution in [0.5, 0.6) is 11.5 Å². The Morgan fingerprint density at radius 1 is 0.780 bits per heavy atom. The van der Waals surface area contributed by atoms with Crippen molar-refractivity contribution in [2.45, 2.75) is 164 Å². The normalized spacial score (nSPS) is 19.4. The molecule has 0 radical (unpaired) electrons. The highest BCUT2D eigenvalue weighted by Gasteiger charge is 2.38. The zero-order valence-corrected chi connectivity index (χ0v) is 37.2. The van der Waals surface area contributed by atoms with E-state index >= 15 is 0 Å². The van der Waals surface area contributed by atoms with Gasteiger partial charge in [-0.25, -0.2) is 4.79 Å². The minimum Gasteiger partial charge on any atom is -0.469 e. The maximum Gasteiger partial charge on any atom is 0.373 e. The van der Waals surface area contributed by atoms with Gasteiger partial charge in [0.2, 0.25) is 0 Å². The van der Waals surface area contributed by atoms with Gasteiger partial charge in [-0.3, -0.25) is 14.4 Å². The van der Waals surface area contributed by atoms with E-state index in [1.165, 1.54) is 12.7 Å². The Bertz CT molecular complexity index is 1700. The Morgan fingerprint density at radius 2 is 1.44 bits per heavy atom. The van der Waals surface area contributed by atoms with Gasteiger partial charge in [0.25, 0.3) is 0 Å². The summed E-state index contributed by atoms with van der Waals surface area (Å²) in [7, 11) is 1.38. The third-order valence-corrected chi connectivity index (χ3v) is 11.4. The highest BCUT2D eigenvalue weighted by molar-refractivity contribution is 5.97. The van der Waals surface area contributed by atoms with Crippen LogP contribution in [-0.4, -0.2) is 74.5 Å². The molecule has 2 fully saturated rings. The third kappa shape index (κ3) is 16.0. The molecule has 2 aromatic carbocycles. The van der Waals surface area contributed by atoms with Crippen molar-refractivity contribution in [3.63, 3.8) is 0 Å². The number of fused-ring (bicyclic) bond motifs is 1. The first kappa shape index (κ1) is 50.8. The van der Waals surface area contributed by atoms with E-state index in [9.17, 15) is 19.2 Å². The van der Waals surface area contributed by atoms with Crippen molar-refractivity contribution >= 4 is 40.8 Å². The zero-order chi connectivity index (χ0) is 44.4. The molecule has 4 rings (SSSR count). The molecule has 13 nitrogen and oxygen atoms in total. The molecule has 1 heterocycles. The van der Waals surface area contributed by atoms with Gasteiger partial charge in [0.15, 0.2) is 12.9 Å².